The van der Waals surface area contributed by atoms with Gasteiger partial charge >= 0.3 is 0 Å². The molecule has 0 aliphatic rings. The lowest BCUT2D eigenvalue weighted by Crippen LogP contribution is -2.16. The molecule has 1 unspecified atom stereocenters. The fourth-order valence-corrected chi connectivity index (χ4v) is 2.13. The summed E-state index contributed by atoms with van der Waals surface area (Å²) in [6.45, 7) is 3.24. The summed E-state index contributed by atoms with van der Waals surface area (Å²) in [5.41, 5.74) is 2.18. The minimum absolute atomic E-state index is 0.0998. The number of nitrogens with one attached hydrogen (secondary N) is 1. The molecule has 2 rings (SSSR count). The van der Waals surface area contributed by atoms with Gasteiger partial charge in [-0.25, -0.2) is 0 Å². The minimum atomic E-state index is 0.0998. The SMILES string of the molecule is CCOc1ccccc1NC(COC)c1ccccc1. The van der Waals surface area contributed by atoms with E-state index in [2.05, 4.69) is 17.4 Å². The third kappa shape index (κ3) is 3.75. The first kappa shape index (κ1) is 14.4. The number of hydrogen-bond acceptors (Lipinski definition) is 3. The summed E-state index contributed by atoms with van der Waals surface area (Å²) in [6.07, 6.45) is 0. The number of methoxy groups -OCH3 is 1. The van der Waals surface area contributed by atoms with Crippen molar-refractivity contribution in [1.29, 1.82) is 0 Å². The fourth-order valence-electron chi connectivity index (χ4n) is 2.13. The van der Waals surface area contributed by atoms with Crippen molar-refractivity contribution in [3.63, 3.8) is 0 Å². The van der Waals surface area contributed by atoms with Gasteiger partial charge in [-0.3, -0.25) is 0 Å². The van der Waals surface area contributed by atoms with Gasteiger partial charge in [-0.15, -0.1) is 0 Å². The second kappa shape index (κ2) is 7.56. The molecule has 0 heterocycles. The van der Waals surface area contributed by atoms with Crippen LogP contribution in [0.3, 0.4) is 0 Å². The Kier molecular flexibility index (Phi) is 5.44. The Hall–Kier alpha value is -2.00. The van der Waals surface area contributed by atoms with Crippen molar-refractivity contribution in [3.8, 4) is 5.75 Å². The molecule has 106 valence electrons. The predicted octanol–water partition coefficient (Wildman–Crippen LogP) is 3.88. The van der Waals surface area contributed by atoms with Crippen LogP contribution in [-0.4, -0.2) is 20.3 Å². The zero-order chi connectivity index (χ0) is 14.2. The number of benzene rings is 2. The summed E-state index contributed by atoms with van der Waals surface area (Å²) in [6, 6.07) is 18.4. The fraction of sp³-hybridized carbons (Fsp3) is 0.294. The van der Waals surface area contributed by atoms with Gasteiger partial charge in [0, 0.05) is 7.11 Å². The third-order valence-corrected chi connectivity index (χ3v) is 3.05. The van der Waals surface area contributed by atoms with Gasteiger partial charge in [0.25, 0.3) is 0 Å². The summed E-state index contributed by atoms with van der Waals surface area (Å²) in [5, 5.41) is 3.50. The second-order valence-corrected chi connectivity index (χ2v) is 4.49. The second-order valence-electron chi connectivity index (χ2n) is 4.49. The maximum atomic E-state index is 5.65. The molecule has 0 spiro atoms. The van der Waals surface area contributed by atoms with Gasteiger partial charge < -0.3 is 14.8 Å². The number of ether oxygens (including phenoxy) is 2. The molecule has 0 bridgehead atoms. The lowest BCUT2D eigenvalue weighted by atomic mass is 10.1. The smallest absolute Gasteiger partial charge is 0.142 e. The quantitative estimate of drug-likeness (QED) is 0.829. The maximum absolute atomic E-state index is 5.65. The van der Waals surface area contributed by atoms with E-state index in [0.717, 1.165) is 11.4 Å². The third-order valence-electron chi connectivity index (χ3n) is 3.05. The first-order valence-corrected chi connectivity index (χ1v) is 6.87. The molecule has 0 aliphatic carbocycles. The topological polar surface area (TPSA) is 30.5 Å². The predicted molar refractivity (Wildman–Crippen MR) is 82.3 cm³/mol. The van der Waals surface area contributed by atoms with Crippen LogP contribution in [0.15, 0.2) is 54.6 Å². The van der Waals surface area contributed by atoms with Gasteiger partial charge in [-0.1, -0.05) is 42.5 Å². The van der Waals surface area contributed by atoms with Gasteiger partial charge in [0.05, 0.1) is 24.9 Å². The van der Waals surface area contributed by atoms with Crippen LogP contribution in [0, 0.1) is 0 Å². The van der Waals surface area contributed by atoms with Crippen LogP contribution in [-0.2, 0) is 4.74 Å². The van der Waals surface area contributed by atoms with Crippen LogP contribution >= 0.6 is 0 Å². The van der Waals surface area contributed by atoms with Crippen molar-refractivity contribution in [3.05, 3.63) is 60.2 Å². The van der Waals surface area contributed by atoms with Crippen LogP contribution in [0.5, 0.6) is 5.75 Å². The van der Waals surface area contributed by atoms with E-state index < -0.39 is 0 Å². The Balaban J connectivity index is 2.20. The monoisotopic (exact) mass is 271 g/mol. The molecule has 3 heteroatoms. The summed E-state index contributed by atoms with van der Waals surface area (Å²) < 4.78 is 11.0. The molecule has 0 aromatic heterocycles. The van der Waals surface area contributed by atoms with E-state index in [1.54, 1.807) is 7.11 Å². The van der Waals surface area contributed by atoms with E-state index in [-0.39, 0.29) is 6.04 Å². The van der Waals surface area contributed by atoms with Crippen LogP contribution in [0.2, 0.25) is 0 Å². The van der Waals surface area contributed by atoms with Crippen molar-refractivity contribution in [1.82, 2.24) is 0 Å². The molecule has 1 N–H and O–H groups in total. The summed E-state index contributed by atoms with van der Waals surface area (Å²) in [4.78, 5) is 0. The van der Waals surface area contributed by atoms with Crippen LogP contribution in [0.4, 0.5) is 5.69 Å². The summed E-state index contributed by atoms with van der Waals surface area (Å²) in [7, 11) is 1.71. The highest BCUT2D eigenvalue weighted by Crippen LogP contribution is 2.28. The van der Waals surface area contributed by atoms with Crippen molar-refractivity contribution in [2.24, 2.45) is 0 Å². The molecule has 0 saturated carbocycles. The highest BCUT2D eigenvalue weighted by molar-refractivity contribution is 5.57. The highest BCUT2D eigenvalue weighted by atomic mass is 16.5. The zero-order valence-electron chi connectivity index (χ0n) is 12.0. The molecule has 3 nitrogen and oxygen atoms in total. The molecule has 0 saturated heterocycles. The summed E-state index contributed by atoms with van der Waals surface area (Å²) >= 11 is 0. The Morgan fingerprint density at radius 1 is 1.00 bits per heavy atom. The largest absolute Gasteiger partial charge is 0.492 e. The zero-order valence-corrected chi connectivity index (χ0v) is 12.0. The Labute approximate surface area is 120 Å². The van der Waals surface area contributed by atoms with Crippen molar-refractivity contribution >= 4 is 5.69 Å². The van der Waals surface area contributed by atoms with E-state index >= 15 is 0 Å². The Morgan fingerprint density at radius 3 is 2.40 bits per heavy atom. The van der Waals surface area contributed by atoms with Crippen LogP contribution < -0.4 is 10.1 Å². The van der Waals surface area contributed by atoms with Crippen molar-refractivity contribution in [2.75, 3.05) is 25.6 Å². The number of para-hydroxylation sites is 2. The first-order valence-electron chi connectivity index (χ1n) is 6.87. The minimum Gasteiger partial charge on any atom is -0.492 e. The Bertz CT molecular complexity index is 513. The molecule has 20 heavy (non-hydrogen) atoms. The lowest BCUT2D eigenvalue weighted by Gasteiger charge is -2.21. The van der Waals surface area contributed by atoms with Crippen molar-refractivity contribution in [2.45, 2.75) is 13.0 Å². The average Bonchev–Trinajstić information content (AvgIpc) is 2.50. The van der Waals surface area contributed by atoms with E-state index in [9.17, 15) is 0 Å². The van der Waals surface area contributed by atoms with Gasteiger partial charge in [-0.05, 0) is 24.6 Å². The molecular formula is C17H21NO2. The van der Waals surface area contributed by atoms with Crippen LogP contribution in [0.1, 0.15) is 18.5 Å². The van der Waals surface area contributed by atoms with E-state index in [0.29, 0.717) is 13.2 Å². The molecule has 0 aliphatic heterocycles. The normalized spacial score (nSPS) is 11.9. The van der Waals surface area contributed by atoms with Gasteiger partial charge in [0.15, 0.2) is 0 Å². The number of hydrogen-bond donors (Lipinski definition) is 1. The lowest BCUT2D eigenvalue weighted by molar-refractivity contribution is 0.186. The van der Waals surface area contributed by atoms with Gasteiger partial charge in [0.2, 0.25) is 0 Å². The highest BCUT2D eigenvalue weighted by Gasteiger charge is 2.13. The van der Waals surface area contributed by atoms with Crippen molar-refractivity contribution < 1.29 is 9.47 Å². The van der Waals surface area contributed by atoms with E-state index in [4.69, 9.17) is 9.47 Å². The van der Waals surface area contributed by atoms with E-state index in [1.807, 2.05) is 49.4 Å². The molecule has 0 radical (unpaired) electrons. The first-order chi connectivity index (χ1) is 9.85. The van der Waals surface area contributed by atoms with Gasteiger partial charge in [0.1, 0.15) is 5.75 Å². The number of rotatable bonds is 7. The molecular weight excluding hydrogens is 250 g/mol. The number of anilines is 1. The molecule has 2 aromatic carbocycles. The standard InChI is InChI=1S/C17H21NO2/c1-3-20-17-12-8-7-11-15(17)18-16(13-19-2)14-9-5-4-6-10-14/h4-12,16,18H,3,13H2,1-2H3. The summed E-state index contributed by atoms with van der Waals surface area (Å²) in [5.74, 6) is 0.868. The average molecular weight is 271 g/mol. The van der Waals surface area contributed by atoms with Gasteiger partial charge in [-0.2, -0.15) is 0 Å². The molecule has 2 aromatic rings. The molecule has 0 fully saturated rings. The Morgan fingerprint density at radius 2 is 1.70 bits per heavy atom. The maximum Gasteiger partial charge on any atom is 0.142 e. The van der Waals surface area contributed by atoms with Crippen LogP contribution in [0.25, 0.3) is 0 Å². The van der Waals surface area contributed by atoms with E-state index in [1.165, 1.54) is 5.56 Å². The molecule has 1 atom stereocenters. The molecule has 0 amide bonds.